The molecule has 9 heteroatoms. The van der Waals surface area contributed by atoms with Gasteiger partial charge < -0.3 is 27.9 Å². The number of carbonyl (C=O) groups is 1. The van der Waals surface area contributed by atoms with Gasteiger partial charge in [0.05, 0.1) is 34.4 Å². The number of rotatable bonds is 56. The zero-order valence-electron chi connectivity index (χ0n) is 45.6. The number of unbranched alkanes of at least 4 members (excludes halogenated alkanes) is 40. The van der Waals surface area contributed by atoms with Gasteiger partial charge in [-0.2, -0.15) is 0 Å². The highest BCUT2D eigenvalue weighted by Crippen LogP contribution is 2.38. The number of carbonyl (C=O) groups excluding carboxylic acids is 1. The summed E-state index contributed by atoms with van der Waals surface area (Å²) in [5.74, 6) is -0.328. The molecule has 2 atom stereocenters. The van der Waals surface area contributed by atoms with Crippen LogP contribution in [-0.2, 0) is 27.9 Å². The van der Waals surface area contributed by atoms with E-state index in [-0.39, 0.29) is 25.8 Å². The molecular formula is C58H116NO7P. The van der Waals surface area contributed by atoms with Crippen LogP contribution < -0.4 is 4.89 Å². The average Bonchev–Trinajstić information content (AvgIpc) is 3.29. The zero-order valence-corrected chi connectivity index (χ0v) is 46.5. The molecule has 0 aromatic rings. The molecule has 0 spiro atoms. The maximum Gasteiger partial charge on any atom is 0.306 e. The fraction of sp³-hybridized carbons (Fsp3) is 0.948. The molecule has 0 aromatic heterocycles. The first-order valence-electron chi connectivity index (χ1n) is 29.4. The average molecular weight is 971 g/mol. The molecule has 0 fully saturated rings. The van der Waals surface area contributed by atoms with Crippen LogP contribution in [0.25, 0.3) is 0 Å². The molecule has 0 saturated carbocycles. The number of ether oxygens (including phenoxy) is 2. The van der Waals surface area contributed by atoms with Gasteiger partial charge in [0, 0.05) is 13.0 Å². The van der Waals surface area contributed by atoms with Crippen molar-refractivity contribution in [3.8, 4) is 0 Å². The van der Waals surface area contributed by atoms with Gasteiger partial charge in [0.25, 0.3) is 7.82 Å². The lowest BCUT2D eigenvalue weighted by Crippen LogP contribution is -2.37. The summed E-state index contributed by atoms with van der Waals surface area (Å²) in [4.78, 5) is 25.3. The van der Waals surface area contributed by atoms with Crippen LogP contribution >= 0.6 is 7.82 Å². The fourth-order valence-corrected chi connectivity index (χ4v) is 9.51. The van der Waals surface area contributed by atoms with Crippen LogP contribution in [0, 0.1) is 0 Å². The second-order valence-corrected chi connectivity index (χ2v) is 22.8. The highest BCUT2D eigenvalue weighted by molar-refractivity contribution is 7.45. The maximum atomic E-state index is 12.8. The van der Waals surface area contributed by atoms with Gasteiger partial charge in [-0.15, -0.1) is 0 Å². The summed E-state index contributed by atoms with van der Waals surface area (Å²) < 4.78 is 34.9. The minimum Gasteiger partial charge on any atom is -0.756 e. The van der Waals surface area contributed by atoms with E-state index in [9.17, 15) is 14.3 Å². The minimum absolute atomic E-state index is 0.0296. The second-order valence-electron chi connectivity index (χ2n) is 21.4. The Balaban J connectivity index is 4.02. The Morgan fingerprint density at radius 2 is 0.776 bits per heavy atom. The van der Waals surface area contributed by atoms with Crippen LogP contribution in [0.4, 0.5) is 0 Å². The van der Waals surface area contributed by atoms with E-state index >= 15 is 0 Å². The first kappa shape index (κ1) is 66.2. The van der Waals surface area contributed by atoms with Crippen molar-refractivity contribution < 1.29 is 37.3 Å². The number of phosphoric ester groups is 1. The van der Waals surface area contributed by atoms with Gasteiger partial charge in [-0.3, -0.25) is 9.36 Å². The second kappa shape index (κ2) is 51.6. The molecule has 0 bridgehead atoms. The van der Waals surface area contributed by atoms with E-state index in [4.69, 9.17) is 18.5 Å². The summed E-state index contributed by atoms with van der Waals surface area (Å²) in [7, 11) is 1.38. The number of quaternary nitrogens is 1. The quantitative estimate of drug-likeness (QED) is 0.0197. The van der Waals surface area contributed by atoms with E-state index in [0.29, 0.717) is 24.1 Å². The molecule has 67 heavy (non-hydrogen) atoms. The molecular weight excluding hydrogens is 854 g/mol. The van der Waals surface area contributed by atoms with Gasteiger partial charge in [-0.1, -0.05) is 264 Å². The number of phosphoric acid groups is 1. The van der Waals surface area contributed by atoms with Gasteiger partial charge in [0.2, 0.25) is 0 Å². The van der Waals surface area contributed by atoms with E-state index in [1.807, 2.05) is 21.1 Å². The Bertz CT molecular complexity index is 1080. The maximum absolute atomic E-state index is 12.8. The van der Waals surface area contributed by atoms with Gasteiger partial charge in [-0.25, -0.2) is 0 Å². The number of likely N-dealkylation sites (N-methyl/N-ethyl adjacent to an activating group) is 1. The standard InChI is InChI=1S/C58H116NO7P/c1-6-8-10-12-14-16-18-20-22-24-26-28-29-30-32-34-36-38-40-42-44-46-48-50-53-63-55-57(56-65-67(61,62)64-54-52-59(3,4)5)66-58(60)51-49-47-45-43-41-39-37-35-33-31-27-25-23-21-19-17-15-13-11-9-7-2/h25,27,57H,6-24,26,28-56H2,1-5H3/b27-25-. The monoisotopic (exact) mass is 970 g/mol. The molecule has 0 amide bonds. The van der Waals surface area contributed by atoms with E-state index in [2.05, 4.69) is 26.0 Å². The molecule has 0 saturated heterocycles. The van der Waals surface area contributed by atoms with Crippen molar-refractivity contribution in [3.63, 3.8) is 0 Å². The van der Waals surface area contributed by atoms with Gasteiger partial charge in [0.1, 0.15) is 19.3 Å². The number of esters is 1. The predicted octanol–water partition coefficient (Wildman–Crippen LogP) is 17.9. The van der Waals surface area contributed by atoms with E-state index in [1.54, 1.807) is 0 Å². The van der Waals surface area contributed by atoms with Crippen molar-refractivity contribution in [2.24, 2.45) is 0 Å². The van der Waals surface area contributed by atoms with Crippen molar-refractivity contribution in [1.29, 1.82) is 0 Å². The van der Waals surface area contributed by atoms with E-state index < -0.39 is 13.9 Å². The summed E-state index contributed by atoms with van der Waals surface area (Å²) >= 11 is 0. The lowest BCUT2D eigenvalue weighted by Gasteiger charge is -2.28. The first-order chi connectivity index (χ1) is 32.6. The summed E-state index contributed by atoms with van der Waals surface area (Å²) in [6.07, 6.45) is 61.1. The number of hydrogen-bond acceptors (Lipinski definition) is 7. The van der Waals surface area contributed by atoms with E-state index in [0.717, 1.165) is 32.1 Å². The third kappa shape index (κ3) is 56.0. The Morgan fingerprint density at radius 1 is 0.448 bits per heavy atom. The Hall–Kier alpha value is -0.760. The van der Waals surface area contributed by atoms with Crippen LogP contribution in [0.3, 0.4) is 0 Å². The summed E-state index contributed by atoms with van der Waals surface area (Å²) in [6.45, 7) is 5.49. The minimum atomic E-state index is -4.53. The molecule has 0 rings (SSSR count). The molecule has 0 aliphatic heterocycles. The number of allylic oxidation sites excluding steroid dienone is 2. The Morgan fingerprint density at radius 3 is 1.13 bits per heavy atom. The number of nitrogens with zero attached hydrogens (tertiary/aromatic N) is 1. The van der Waals surface area contributed by atoms with Gasteiger partial charge >= 0.3 is 5.97 Å². The van der Waals surface area contributed by atoms with Crippen molar-refractivity contribution >= 4 is 13.8 Å². The van der Waals surface area contributed by atoms with Crippen LogP contribution in [0.5, 0.6) is 0 Å². The van der Waals surface area contributed by atoms with Crippen LogP contribution in [0.15, 0.2) is 12.2 Å². The molecule has 2 unspecified atom stereocenters. The largest absolute Gasteiger partial charge is 0.756 e. The normalized spacial score (nSPS) is 13.5. The van der Waals surface area contributed by atoms with E-state index in [1.165, 1.54) is 244 Å². The smallest absolute Gasteiger partial charge is 0.306 e. The number of hydrogen-bond donors (Lipinski definition) is 0. The highest BCUT2D eigenvalue weighted by Gasteiger charge is 2.20. The summed E-state index contributed by atoms with van der Waals surface area (Å²) in [6, 6.07) is 0. The molecule has 0 aromatic carbocycles. The summed E-state index contributed by atoms with van der Waals surface area (Å²) in [5.41, 5.74) is 0. The van der Waals surface area contributed by atoms with Gasteiger partial charge in [-0.05, 0) is 38.5 Å². The van der Waals surface area contributed by atoms with Crippen LogP contribution in [0.2, 0.25) is 0 Å². The Labute approximate surface area is 418 Å². The predicted molar refractivity (Wildman–Crippen MR) is 287 cm³/mol. The molecule has 8 nitrogen and oxygen atoms in total. The van der Waals surface area contributed by atoms with Crippen molar-refractivity contribution in [1.82, 2.24) is 0 Å². The topological polar surface area (TPSA) is 94.1 Å². The lowest BCUT2D eigenvalue weighted by atomic mass is 10.0. The lowest BCUT2D eigenvalue weighted by molar-refractivity contribution is -0.870. The van der Waals surface area contributed by atoms with Crippen molar-refractivity contribution in [3.05, 3.63) is 12.2 Å². The zero-order chi connectivity index (χ0) is 49.0. The molecule has 0 aliphatic carbocycles. The highest BCUT2D eigenvalue weighted by atomic mass is 31.2. The van der Waals surface area contributed by atoms with Crippen molar-refractivity contribution in [2.45, 2.75) is 302 Å². The third-order valence-electron chi connectivity index (χ3n) is 13.3. The van der Waals surface area contributed by atoms with Gasteiger partial charge in [0.15, 0.2) is 0 Å². The molecule has 0 aliphatic rings. The summed E-state index contributed by atoms with van der Waals surface area (Å²) in [5, 5.41) is 0. The first-order valence-corrected chi connectivity index (χ1v) is 30.9. The SMILES string of the molecule is CCCCCCCCCC/C=C\CCCCCCCCCCCC(=O)OC(COCCCCCCCCCCCCCCCCCCCCCCCCCC)COP(=O)([O-])OCC[N+](C)(C)C. The molecule has 0 radical (unpaired) electrons. The molecule has 0 heterocycles. The third-order valence-corrected chi connectivity index (χ3v) is 14.3. The van der Waals surface area contributed by atoms with Crippen molar-refractivity contribution in [2.75, 3.05) is 54.1 Å². The van der Waals surface area contributed by atoms with Crippen LogP contribution in [-0.4, -0.2) is 70.7 Å². The fourth-order valence-electron chi connectivity index (χ4n) is 8.78. The Kier molecular flexibility index (Phi) is 51.0. The molecule has 400 valence electrons. The van der Waals surface area contributed by atoms with Crippen LogP contribution in [0.1, 0.15) is 296 Å². The molecule has 0 N–H and O–H groups in total.